The van der Waals surface area contributed by atoms with Crippen LogP contribution in [0.15, 0.2) is 46.7 Å². The number of allylic oxidation sites excluding steroid dienone is 2. The number of hydrogen-bond donors (Lipinski definition) is 4. The first kappa shape index (κ1) is 13.1. The van der Waals surface area contributed by atoms with Crippen LogP contribution >= 0.6 is 11.6 Å². The van der Waals surface area contributed by atoms with Gasteiger partial charge >= 0.3 is 0 Å². The fraction of sp³-hybridized carbons (Fsp3) is 0.385. The van der Waals surface area contributed by atoms with Crippen LogP contribution in [0.3, 0.4) is 0 Å². The Morgan fingerprint density at radius 3 is 3.00 bits per heavy atom. The van der Waals surface area contributed by atoms with E-state index in [-0.39, 0.29) is 6.10 Å². The molecule has 0 amide bonds. The molecule has 0 spiro atoms. The summed E-state index contributed by atoms with van der Waals surface area (Å²) in [6.45, 7) is 2.05. The van der Waals surface area contributed by atoms with Gasteiger partial charge in [0.15, 0.2) is 0 Å². The Morgan fingerprint density at radius 2 is 2.39 bits per heavy atom. The second-order valence-electron chi connectivity index (χ2n) is 4.64. The Balaban J connectivity index is 2.09. The van der Waals surface area contributed by atoms with Crippen molar-refractivity contribution in [3.63, 3.8) is 0 Å². The summed E-state index contributed by atoms with van der Waals surface area (Å²) < 4.78 is 0. The molecule has 1 saturated carbocycles. The molecule has 0 radical (unpaired) electrons. The largest absolute Gasteiger partial charge is 0.403 e. The van der Waals surface area contributed by atoms with E-state index in [0.717, 1.165) is 29.8 Å². The maximum absolute atomic E-state index is 9.94. The predicted molar refractivity (Wildman–Crippen MR) is 73.0 cm³/mol. The summed E-state index contributed by atoms with van der Waals surface area (Å²) in [5, 5.41) is 16.7. The van der Waals surface area contributed by atoms with E-state index in [0.29, 0.717) is 11.0 Å². The fourth-order valence-electron chi connectivity index (χ4n) is 2.13. The molecule has 2 aliphatic rings. The molecule has 1 aliphatic heterocycles. The van der Waals surface area contributed by atoms with Crippen molar-refractivity contribution in [3.8, 4) is 0 Å². The Hall–Kier alpha value is -1.39. The van der Waals surface area contributed by atoms with E-state index in [2.05, 4.69) is 17.6 Å². The maximum Gasteiger partial charge on any atom is 0.0792 e. The van der Waals surface area contributed by atoms with Gasteiger partial charge in [-0.2, -0.15) is 0 Å². The van der Waals surface area contributed by atoms with Crippen molar-refractivity contribution in [3.05, 3.63) is 46.7 Å². The molecule has 5 heteroatoms. The zero-order chi connectivity index (χ0) is 13.1. The van der Waals surface area contributed by atoms with E-state index in [1.165, 1.54) is 6.20 Å². The van der Waals surface area contributed by atoms with E-state index >= 15 is 0 Å². The molecule has 5 N–H and O–H groups in total. The molecule has 0 aromatic heterocycles. The van der Waals surface area contributed by atoms with Crippen molar-refractivity contribution >= 4 is 11.6 Å². The van der Waals surface area contributed by atoms with Crippen LogP contribution in [0.25, 0.3) is 0 Å². The molecule has 0 bridgehead atoms. The highest BCUT2D eigenvalue weighted by molar-refractivity contribution is 6.31. The van der Waals surface area contributed by atoms with Gasteiger partial charge in [0.2, 0.25) is 0 Å². The zero-order valence-electron chi connectivity index (χ0n) is 10.3. The van der Waals surface area contributed by atoms with Gasteiger partial charge in [0.05, 0.1) is 22.5 Å². The molecule has 2 rings (SSSR count). The van der Waals surface area contributed by atoms with Gasteiger partial charge in [-0.1, -0.05) is 18.5 Å². The molecule has 0 aromatic carbocycles. The monoisotopic (exact) mass is 267 g/mol. The van der Waals surface area contributed by atoms with Crippen LogP contribution < -0.4 is 16.4 Å². The minimum atomic E-state index is -0.356. The lowest BCUT2D eigenvalue weighted by Gasteiger charge is -2.17. The SMILES string of the molecule is CC1CC/C(=C\NC2=CC(Cl)=CN/C2=C\N)C1O. The van der Waals surface area contributed by atoms with Gasteiger partial charge in [0.25, 0.3) is 0 Å². The van der Waals surface area contributed by atoms with E-state index in [4.69, 9.17) is 17.3 Å². The third-order valence-electron chi connectivity index (χ3n) is 3.32. The molecule has 1 aliphatic carbocycles. The Kier molecular flexibility index (Phi) is 3.99. The number of nitrogens with two attached hydrogens (primary N) is 1. The van der Waals surface area contributed by atoms with Gasteiger partial charge < -0.3 is 21.5 Å². The fourth-order valence-corrected chi connectivity index (χ4v) is 2.30. The van der Waals surface area contributed by atoms with Gasteiger partial charge in [0, 0.05) is 18.6 Å². The second kappa shape index (κ2) is 5.50. The molecule has 2 atom stereocenters. The zero-order valence-corrected chi connectivity index (χ0v) is 11.0. The topological polar surface area (TPSA) is 70.3 Å². The number of aliphatic hydroxyl groups is 1. The highest BCUT2D eigenvalue weighted by atomic mass is 35.5. The average molecular weight is 268 g/mol. The van der Waals surface area contributed by atoms with Gasteiger partial charge in [-0.05, 0) is 30.4 Å². The van der Waals surface area contributed by atoms with Crippen LogP contribution in [-0.2, 0) is 0 Å². The number of nitrogens with one attached hydrogen (secondary N) is 2. The Bertz CT molecular complexity index is 451. The molecule has 1 fully saturated rings. The van der Waals surface area contributed by atoms with Gasteiger partial charge in [0.1, 0.15) is 0 Å². The molecule has 4 nitrogen and oxygen atoms in total. The van der Waals surface area contributed by atoms with Gasteiger partial charge in [-0.3, -0.25) is 0 Å². The molecule has 1 heterocycles. The summed E-state index contributed by atoms with van der Waals surface area (Å²) in [7, 11) is 0. The first-order valence-corrected chi connectivity index (χ1v) is 6.39. The van der Waals surface area contributed by atoms with Crippen LogP contribution in [0.5, 0.6) is 0 Å². The predicted octanol–water partition coefficient (Wildman–Crippen LogP) is 1.62. The van der Waals surface area contributed by atoms with Gasteiger partial charge in [-0.25, -0.2) is 0 Å². The molecule has 0 aromatic rings. The third kappa shape index (κ3) is 2.71. The molecule has 18 heavy (non-hydrogen) atoms. The van der Waals surface area contributed by atoms with Crippen LogP contribution in [0.1, 0.15) is 19.8 Å². The van der Waals surface area contributed by atoms with Crippen molar-refractivity contribution in [1.29, 1.82) is 0 Å². The molecule has 2 unspecified atom stereocenters. The molecular weight excluding hydrogens is 250 g/mol. The van der Waals surface area contributed by atoms with Crippen molar-refractivity contribution in [2.75, 3.05) is 0 Å². The quantitative estimate of drug-likeness (QED) is 0.614. The normalized spacial score (nSPS) is 32.2. The van der Waals surface area contributed by atoms with Crippen molar-refractivity contribution in [2.45, 2.75) is 25.9 Å². The Morgan fingerprint density at radius 1 is 1.61 bits per heavy atom. The van der Waals surface area contributed by atoms with Crippen LogP contribution in [0.4, 0.5) is 0 Å². The third-order valence-corrected chi connectivity index (χ3v) is 3.54. The lowest BCUT2D eigenvalue weighted by molar-refractivity contribution is 0.172. The number of dihydropyridines is 1. The summed E-state index contributed by atoms with van der Waals surface area (Å²) in [5.41, 5.74) is 8.10. The summed E-state index contributed by atoms with van der Waals surface area (Å²) in [4.78, 5) is 0. The smallest absolute Gasteiger partial charge is 0.0792 e. The molecule has 0 saturated heterocycles. The van der Waals surface area contributed by atoms with Crippen molar-refractivity contribution < 1.29 is 5.11 Å². The van der Waals surface area contributed by atoms with E-state index in [9.17, 15) is 5.11 Å². The highest BCUT2D eigenvalue weighted by Crippen LogP contribution is 2.30. The second-order valence-corrected chi connectivity index (χ2v) is 5.07. The van der Waals surface area contributed by atoms with E-state index in [1.807, 2.05) is 6.20 Å². The lowest BCUT2D eigenvalue weighted by atomic mass is 10.1. The number of rotatable bonds is 2. The molecule has 98 valence electrons. The average Bonchev–Trinajstić information content (AvgIpc) is 2.68. The Labute approximate surface area is 112 Å². The van der Waals surface area contributed by atoms with Gasteiger partial charge in [-0.15, -0.1) is 0 Å². The van der Waals surface area contributed by atoms with E-state index in [1.54, 1.807) is 12.3 Å². The van der Waals surface area contributed by atoms with Crippen LogP contribution in [-0.4, -0.2) is 11.2 Å². The standard InChI is InChI=1S/C13H18ClN3O/c1-8-2-3-9(13(8)18)6-16-11-4-10(14)7-17-12(11)5-15/h4-8,13,16-18H,2-3,15H2,1H3/b9-6+,12-5-. The number of aliphatic hydroxyl groups excluding tert-OH is 1. The minimum Gasteiger partial charge on any atom is -0.403 e. The van der Waals surface area contributed by atoms with E-state index < -0.39 is 0 Å². The maximum atomic E-state index is 9.94. The summed E-state index contributed by atoms with van der Waals surface area (Å²) in [6.07, 6.45) is 8.37. The van der Waals surface area contributed by atoms with Crippen molar-refractivity contribution in [1.82, 2.24) is 10.6 Å². The lowest BCUT2D eigenvalue weighted by Crippen LogP contribution is -2.22. The summed E-state index contributed by atoms with van der Waals surface area (Å²) in [6, 6.07) is 0. The first-order chi connectivity index (χ1) is 8.61. The first-order valence-electron chi connectivity index (χ1n) is 6.01. The number of halogens is 1. The van der Waals surface area contributed by atoms with Crippen molar-refractivity contribution in [2.24, 2.45) is 11.7 Å². The molecular formula is C13H18ClN3O. The van der Waals surface area contributed by atoms with Crippen LogP contribution in [0.2, 0.25) is 0 Å². The number of hydrogen-bond acceptors (Lipinski definition) is 4. The summed E-state index contributed by atoms with van der Waals surface area (Å²) >= 11 is 5.93. The van der Waals surface area contributed by atoms with Crippen LogP contribution in [0, 0.1) is 5.92 Å². The minimum absolute atomic E-state index is 0.324. The summed E-state index contributed by atoms with van der Waals surface area (Å²) in [5.74, 6) is 0.324. The highest BCUT2D eigenvalue weighted by Gasteiger charge is 2.25.